The lowest BCUT2D eigenvalue weighted by Gasteiger charge is -2.21. The van der Waals surface area contributed by atoms with Crippen LogP contribution in [0.1, 0.15) is 71.3 Å². The lowest BCUT2D eigenvalue weighted by Crippen LogP contribution is -2.32. The minimum Gasteiger partial charge on any atom is -0.493 e. The number of hydrogen-bond acceptors (Lipinski definition) is 4. The van der Waals surface area contributed by atoms with Crippen molar-refractivity contribution in [1.29, 1.82) is 0 Å². The second kappa shape index (κ2) is 14.7. The van der Waals surface area contributed by atoms with Gasteiger partial charge in [0.05, 0.1) is 13.7 Å². The fourth-order valence-electron chi connectivity index (χ4n) is 3.02. The van der Waals surface area contributed by atoms with Crippen molar-refractivity contribution in [3.05, 3.63) is 23.8 Å². The van der Waals surface area contributed by atoms with Crippen LogP contribution >= 0.6 is 0 Å². The summed E-state index contributed by atoms with van der Waals surface area (Å²) in [6.07, 6.45) is 5.34. The molecule has 164 valence electrons. The zero-order chi connectivity index (χ0) is 21.5. The molecule has 29 heavy (non-hydrogen) atoms. The number of amides is 2. The minimum absolute atomic E-state index is 0.0439. The molecular formula is C23H38N2O4. The number of nitrogens with one attached hydrogen (secondary N) is 1. The summed E-state index contributed by atoms with van der Waals surface area (Å²) in [6.45, 7) is 8.93. The van der Waals surface area contributed by atoms with Crippen molar-refractivity contribution in [1.82, 2.24) is 10.2 Å². The summed E-state index contributed by atoms with van der Waals surface area (Å²) in [4.78, 5) is 26.3. The number of methoxy groups -OCH3 is 1. The van der Waals surface area contributed by atoms with Gasteiger partial charge in [-0.25, -0.2) is 0 Å². The smallest absolute Gasteiger partial charge is 0.222 e. The largest absolute Gasteiger partial charge is 0.493 e. The van der Waals surface area contributed by atoms with Crippen LogP contribution in [0.25, 0.3) is 0 Å². The van der Waals surface area contributed by atoms with Crippen LogP contribution in [-0.2, 0) is 16.1 Å². The third-order valence-corrected chi connectivity index (χ3v) is 4.61. The van der Waals surface area contributed by atoms with E-state index in [-0.39, 0.29) is 11.8 Å². The van der Waals surface area contributed by atoms with Crippen LogP contribution in [0.5, 0.6) is 11.5 Å². The van der Waals surface area contributed by atoms with Crippen molar-refractivity contribution in [2.24, 2.45) is 0 Å². The molecule has 6 heteroatoms. The molecule has 0 spiro atoms. The van der Waals surface area contributed by atoms with E-state index in [2.05, 4.69) is 26.1 Å². The molecule has 0 aliphatic rings. The zero-order valence-corrected chi connectivity index (χ0v) is 18.6. The van der Waals surface area contributed by atoms with E-state index in [4.69, 9.17) is 9.47 Å². The summed E-state index contributed by atoms with van der Waals surface area (Å²) >= 11 is 0. The van der Waals surface area contributed by atoms with Crippen molar-refractivity contribution in [3.8, 4) is 11.5 Å². The number of benzene rings is 1. The summed E-state index contributed by atoms with van der Waals surface area (Å²) in [5.41, 5.74) is 0.950. The Morgan fingerprint density at radius 2 is 1.69 bits per heavy atom. The molecule has 0 saturated carbocycles. The molecule has 0 atom stereocenters. The van der Waals surface area contributed by atoms with Gasteiger partial charge < -0.3 is 19.7 Å². The van der Waals surface area contributed by atoms with Crippen LogP contribution < -0.4 is 14.8 Å². The van der Waals surface area contributed by atoms with Gasteiger partial charge in [0, 0.05) is 32.5 Å². The lowest BCUT2D eigenvalue weighted by molar-refractivity contribution is -0.131. The first kappa shape index (κ1) is 24.8. The van der Waals surface area contributed by atoms with Gasteiger partial charge in [-0.05, 0) is 43.4 Å². The third kappa shape index (κ3) is 9.68. The Morgan fingerprint density at radius 3 is 2.31 bits per heavy atom. The fraction of sp³-hybridized carbons (Fsp3) is 0.652. The predicted octanol–water partition coefficient (Wildman–Crippen LogP) is 4.31. The van der Waals surface area contributed by atoms with E-state index in [1.165, 1.54) is 0 Å². The number of nitrogens with zero attached hydrogens (tertiary/aromatic N) is 1. The maximum Gasteiger partial charge on any atom is 0.222 e. The molecule has 1 rings (SSSR count). The average Bonchev–Trinajstić information content (AvgIpc) is 2.72. The Bertz CT molecular complexity index is 613. The highest BCUT2D eigenvalue weighted by Gasteiger charge is 2.12. The molecule has 0 radical (unpaired) electrons. The molecule has 1 aromatic carbocycles. The number of unbranched alkanes of at least 4 members (excludes halogenated alkanes) is 1. The summed E-state index contributed by atoms with van der Waals surface area (Å²) in [7, 11) is 1.61. The maximum atomic E-state index is 12.2. The molecule has 1 aromatic rings. The molecule has 0 aliphatic carbocycles. The first-order valence-electron chi connectivity index (χ1n) is 10.9. The van der Waals surface area contributed by atoms with Gasteiger partial charge in [-0.15, -0.1) is 0 Å². The Kier molecular flexibility index (Phi) is 12.6. The topological polar surface area (TPSA) is 67.9 Å². The van der Waals surface area contributed by atoms with Crippen molar-refractivity contribution in [3.63, 3.8) is 0 Å². The standard InChI is InChI=1S/C23H38N2O4/c1-5-8-16-29-20-13-12-19(17-21(20)28-4)18-24-22(26)10-9-11-23(27)25(14-6-2)15-7-3/h12-13,17H,5-11,14-16,18H2,1-4H3,(H,24,26). The Morgan fingerprint density at radius 1 is 0.966 bits per heavy atom. The van der Waals surface area contributed by atoms with Crippen LogP contribution in [0.4, 0.5) is 0 Å². The first-order valence-corrected chi connectivity index (χ1v) is 10.9. The van der Waals surface area contributed by atoms with Crippen LogP contribution in [0.2, 0.25) is 0 Å². The third-order valence-electron chi connectivity index (χ3n) is 4.61. The number of rotatable bonds is 15. The van der Waals surface area contributed by atoms with E-state index in [1.807, 2.05) is 23.1 Å². The minimum atomic E-state index is -0.0439. The van der Waals surface area contributed by atoms with Gasteiger partial charge in [0.15, 0.2) is 11.5 Å². The molecular weight excluding hydrogens is 368 g/mol. The highest BCUT2D eigenvalue weighted by Crippen LogP contribution is 2.28. The quantitative estimate of drug-likeness (QED) is 0.441. The van der Waals surface area contributed by atoms with Crippen molar-refractivity contribution >= 4 is 11.8 Å². The van der Waals surface area contributed by atoms with Crippen molar-refractivity contribution in [2.75, 3.05) is 26.8 Å². The van der Waals surface area contributed by atoms with Gasteiger partial charge in [0.2, 0.25) is 11.8 Å². The van der Waals surface area contributed by atoms with Gasteiger partial charge in [-0.3, -0.25) is 9.59 Å². The molecule has 0 saturated heterocycles. The number of ether oxygens (including phenoxy) is 2. The number of hydrogen-bond donors (Lipinski definition) is 1. The molecule has 6 nitrogen and oxygen atoms in total. The molecule has 1 N–H and O–H groups in total. The van der Waals surface area contributed by atoms with Gasteiger partial charge >= 0.3 is 0 Å². The zero-order valence-electron chi connectivity index (χ0n) is 18.6. The first-order chi connectivity index (χ1) is 14.0. The summed E-state index contributed by atoms with van der Waals surface area (Å²) in [5, 5.41) is 2.92. The number of carbonyl (C=O) groups excluding carboxylic acids is 2. The average molecular weight is 407 g/mol. The van der Waals surface area contributed by atoms with Gasteiger partial charge in [-0.2, -0.15) is 0 Å². The molecule has 0 unspecified atom stereocenters. The van der Waals surface area contributed by atoms with E-state index in [1.54, 1.807) is 7.11 Å². The normalized spacial score (nSPS) is 10.5. The van der Waals surface area contributed by atoms with E-state index in [9.17, 15) is 9.59 Å². The molecule has 0 aliphatic heterocycles. The fourth-order valence-corrected chi connectivity index (χ4v) is 3.02. The second-order valence-electron chi connectivity index (χ2n) is 7.20. The van der Waals surface area contributed by atoms with E-state index >= 15 is 0 Å². The highest BCUT2D eigenvalue weighted by molar-refractivity contribution is 5.79. The highest BCUT2D eigenvalue weighted by atomic mass is 16.5. The molecule has 0 aromatic heterocycles. The molecule has 0 heterocycles. The van der Waals surface area contributed by atoms with E-state index in [0.717, 1.165) is 50.1 Å². The lowest BCUT2D eigenvalue weighted by atomic mass is 10.1. The Hall–Kier alpha value is -2.24. The summed E-state index contributed by atoms with van der Waals surface area (Å²) in [5.74, 6) is 1.49. The Balaban J connectivity index is 2.41. The van der Waals surface area contributed by atoms with Gasteiger partial charge in [-0.1, -0.05) is 33.3 Å². The van der Waals surface area contributed by atoms with Crippen molar-refractivity contribution < 1.29 is 19.1 Å². The second-order valence-corrected chi connectivity index (χ2v) is 7.20. The van der Waals surface area contributed by atoms with Crippen LogP contribution in [0.15, 0.2) is 18.2 Å². The summed E-state index contributed by atoms with van der Waals surface area (Å²) < 4.78 is 11.1. The summed E-state index contributed by atoms with van der Waals surface area (Å²) in [6, 6.07) is 5.70. The van der Waals surface area contributed by atoms with Crippen LogP contribution in [0, 0.1) is 0 Å². The van der Waals surface area contributed by atoms with Crippen molar-refractivity contribution in [2.45, 2.75) is 72.3 Å². The van der Waals surface area contributed by atoms with E-state index in [0.29, 0.717) is 38.2 Å². The predicted molar refractivity (Wildman–Crippen MR) is 116 cm³/mol. The van der Waals surface area contributed by atoms with Crippen LogP contribution in [-0.4, -0.2) is 43.5 Å². The molecule has 0 fully saturated rings. The molecule has 2 amide bonds. The Labute approximate surface area is 175 Å². The maximum absolute atomic E-state index is 12.2. The van der Waals surface area contributed by atoms with Gasteiger partial charge in [0.25, 0.3) is 0 Å². The van der Waals surface area contributed by atoms with Gasteiger partial charge in [0.1, 0.15) is 0 Å². The SMILES string of the molecule is CCCCOc1ccc(CNC(=O)CCCC(=O)N(CCC)CCC)cc1OC. The monoisotopic (exact) mass is 406 g/mol. The number of carbonyl (C=O) groups is 2. The van der Waals surface area contributed by atoms with E-state index < -0.39 is 0 Å². The molecule has 0 bridgehead atoms. The van der Waals surface area contributed by atoms with Crippen LogP contribution in [0.3, 0.4) is 0 Å².